The summed E-state index contributed by atoms with van der Waals surface area (Å²) in [5, 5.41) is 8.37. The van der Waals surface area contributed by atoms with Crippen molar-refractivity contribution in [2.45, 2.75) is 38.0 Å². The van der Waals surface area contributed by atoms with E-state index in [1.165, 1.54) is 0 Å². The van der Waals surface area contributed by atoms with Crippen LogP contribution >= 0.6 is 0 Å². The topological polar surface area (TPSA) is 70.0 Å². The number of nitriles is 1. The Morgan fingerprint density at radius 3 is 2.56 bits per heavy atom. The van der Waals surface area contributed by atoms with Gasteiger partial charge in [-0.25, -0.2) is 13.1 Å². The van der Waals surface area contributed by atoms with Crippen LogP contribution in [0.25, 0.3) is 0 Å². The smallest absolute Gasteiger partial charge is 0.211 e. The van der Waals surface area contributed by atoms with Crippen LogP contribution in [0.1, 0.15) is 30.4 Å². The van der Waals surface area contributed by atoms with E-state index >= 15 is 0 Å². The molecule has 1 aromatic rings. The average Bonchev–Trinajstić information content (AvgIpc) is 2.32. The first-order valence-corrected chi connectivity index (χ1v) is 7.39. The SMILES string of the molecule is Cc1ccc(S(=O)(=O)NCCCCC#N)cc1C. The monoisotopic (exact) mass is 266 g/mol. The van der Waals surface area contributed by atoms with Gasteiger partial charge in [-0.3, -0.25) is 0 Å². The number of nitrogens with zero attached hydrogens (tertiary/aromatic N) is 1. The van der Waals surface area contributed by atoms with Gasteiger partial charge in [0.2, 0.25) is 10.0 Å². The van der Waals surface area contributed by atoms with Crippen molar-refractivity contribution < 1.29 is 8.42 Å². The van der Waals surface area contributed by atoms with E-state index in [0.717, 1.165) is 11.1 Å². The van der Waals surface area contributed by atoms with Gasteiger partial charge < -0.3 is 0 Å². The van der Waals surface area contributed by atoms with Crippen LogP contribution in [0, 0.1) is 25.2 Å². The van der Waals surface area contributed by atoms with Gasteiger partial charge in [0.05, 0.1) is 11.0 Å². The van der Waals surface area contributed by atoms with Crippen LogP contribution < -0.4 is 4.72 Å². The molecular formula is C13H18N2O2S. The van der Waals surface area contributed by atoms with Crippen LogP contribution in [-0.4, -0.2) is 15.0 Å². The summed E-state index contributed by atoms with van der Waals surface area (Å²) in [6.07, 6.45) is 1.86. The number of sulfonamides is 1. The lowest BCUT2D eigenvalue weighted by Gasteiger charge is -2.08. The summed E-state index contributed by atoms with van der Waals surface area (Å²) in [5.74, 6) is 0. The van der Waals surface area contributed by atoms with Crippen LogP contribution in [-0.2, 0) is 10.0 Å². The molecule has 18 heavy (non-hydrogen) atoms. The van der Waals surface area contributed by atoms with E-state index in [-0.39, 0.29) is 0 Å². The first-order chi connectivity index (χ1) is 8.47. The molecule has 98 valence electrons. The molecule has 0 heterocycles. The van der Waals surface area contributed by atoms with Gasteiger partial charge in [0.25, 0.3) is 0 Å². The van der Waals surface area contributed by atoms with Crippen molar-refractivity contribution in [2.75, 3.05) is 6.54 Å². The molecular weight excluding hydrogens is 248 g/mol. The molecule has 0 aliphatic carbocycles. The number of hydrogen-bond acceptors (Lipinski definition) is 3. The Morgan fingerprint density at radius 1 is 1.22 bits per heavy atom. The van der Waals surface area contributed by atoms with Crippen LogP contribution in [0.5, 0.6) is 0 Å². The van der Waals surface area contributed by atoms with Gasteiger partial charge in [0.15, 0.2) is 0 Å². The van der Waals surface area contributed by atoms with E-state index in [0.29, 0.717) is 30.7 Å². The molecule has 0 bridgehead atoms. The van der Waals surface area contributed by atoms with Crippen molar-refractivity contribution in [1.29, 1.82) is 5.26 Å². The maximum Gasteiger partial charge on any atom is 0.240 e. The second kappa shape index (κ2) is 6.53. The van der Waals surface area contributed by atoms with Gasteiger partial charge in [0, 0.05) is 13.0 Å². The summed E-state index contributed by atoms with van der Waals surface area (Å²) in [6, 6.07) is 7.12. The van der Waals surface area contributed by atoms with Crippen molar-refractivity contribution >= 4 is 10.0 Å². The average molecular weight is 266 g/mol. The van der Waals surface area contributed by atoms with E-state index < -0.39 is 10.0 Å². The Morgan fingerprint density at radius 2 is 1.94 bits per heavy atom. The zero-order valence-corrected chi connectivity index (χ0v) is 11.5. The van der Waals surface area contributed by atoms with Gasteiger partial charge in [-0.15, -0.1) is 0 Å². The molecule has 5 heteroatoms. The third kappa shape index (κ3) is 4.13. The third-order valence-electron chi connectivity index (χ3n) is 2.80. The lowest BCUT2D eigenvalue weighted by Crippen LogP contribution is -2.24. The summed E-state index contributed by atoms with van der Waals surface area (Å²) in [6.45, 7) is 4.21. The van der Waals surface area contributed by atoms with Gasteiger partial charge in [-0.2, -0.15) is 5.26 Å². The highest BCUT2D eigenvalue weighted by Crippen LogP contribution is 2.14. The number of aryl methyl sites for hydroxylation is 2. The minimum Gasteiger partial charge on any atom is -0.211 e. The fraction of sp³-hybridized carbons (Fsp3) is 0.462. The molecule has 0 saturated heterocycles. The third-order valence-corrected chi connectivity index (χ3v) is 4.25. The Labute approximate surface area is 109 Å². The molecule has 1 N–H and O–H groups in total. The van der Waals surface area contributed by atoms with E-state index in [1.54, 1.807) is 18.2 Å². The molecule has 4 nitrogen and oxygen atoms in total. The first kappa shape index (κ1) is 14.7. The minimum absolute atomic E-state index is 0.297. The van der Waals surface area contributed by atoms with E-state index in [9.17, 15) is 8.42 Å². The Kier molecular flexibility index (Phi) is 5.32. The number of unbranched alkanes of at least 4 members (excludes halogenated alkanes) is 2. The Hall–Kier alpha value is -1.38. The highest BCUT2D eigenvalue weighted by atomic mass is 32.2. The molecule has 1 rings (SSSR count). The summed E-state index contributed by atoms with van der Waals surface area (Å²) >= 11 is 0. The normalized spacial score (nSPS) is 11.2. The van der Waals surface area contributed by atoms with Gasteiger partial charge in [-0.1, -0.05) is 6.07 Å². The molecule has 1 aromatic carbocycles. The molecule has 0 saturated carbocycles. The van der Waals surface area contributed by atoms with Crippen LogP contribution in [0.4, 0.5) is 0 Å². The predicted molar refractivity (Wildman–Crippen MR) is 70.6 cm³/mol. The molecule has 0 fully saturated rings. The number of benzene rings is 1. The first-order valence-electron chi connectivity index (χ1n) is 5.91. The minimum atomic E-state index is -3.42. The van der Waals surface area contributed by atoms with Crippen LogP contribution in [0.3, 0.4) is 0 Å². The molecule has 0 radical (unpaired) electrons. The van der Waals surface area contributed by atoms with Crippen LogP contribution in [0.2, 0.25) is 0 Å². The summed E-state index contributed by atoms with van der Waals surface area (Å²) in [5.41, 5.74) is 2.03. The molecule has 0 aliphatic heterocycles. The quantitative estimate of drug-likeness (QED) is 0.803. The lowest BCUT2D eigenvalue weighted by atomic mass is 10.1. The second-order valence-electron chi connectivity index (χ2n) is 4.26. The molecule has 0 aliphatic rings. The fourth-order valence-corrected chi connectivity index (χ4v) is 2.66. The van der Waals surface area contributed by atoms with E-state index in [4.69, 9.17) is 5.26 Å². The number of hydrogen-bond donors (Lipinski definition) is 1. The van der Waals surface area contributed by atoms with Gasteiger partial charge >= 0.3 is 0 Å². The summed E-state index contributed by atoms with van der Waals surface area (Å²) in [4.78, 5) is 0.297. The Bertz CT molecular complexity index is 545. The highest BCUT2D eigenvalue weighted by Gasteiger charge is 2.13. The molecule has 0 aromatic heterocycles. The molecule has 0 spiro atoms. The zero-order valence-electron chi connectivity index (χ0n) is 10.7. The number of nitrogens with one attached hydrogen (secondary N) is 1. The van der Waals surface area contributed by atoms with Crippen molar-refractivity contribution in [3.05, 3.63) is 29.3 Å². The van der Waals surface area contributed by atoms with Crippen molar-refractivity contribution in [3.63, 3.8) is 0 Å². The number of rotatable bonds is 6. The van der Waals surface area contributed by atoms with Gasteiger partial charge in [0.1, 0.15) is 0 Å². The fourth-order valence-electron chi connectivity index (χ4n) is 1.50. The maximum atomic E-state index is 12.0. The molecule has 0 amide bonds. The predicted octanol–water partition coefficient (Wildman–Crippen LogP) is 2.28. The maximum absolute atomic E-state index is 12.0. The van der Waals surface area contributed by atoms with E-state index in [2.05, 4.69) is 4.72 Å². The highest BCUT2D eigenvalue weighted by molar-refractivity contribution is 7.89. The summed E-state index contributed by atoms with van der Waals surface area (Å²) < 4.78 is 26.4. The van der Waals surface area contributed by atoms with Crippen molar-refractivity contribution in [2.24, 2.45) is 0 Å². The van der Waals surface area contributed by atoms with Crippen LogP contribution in [0.15, 0.2) is 23.1 Å². The lowest BCUT2D eigenvalue weighted by molar-refractivity contribution is 0.577. The Balaban J connectivity index is 2.63. The van der Waals surface area contributed by atoms with Gasteiger partial charge in [-0.05, 0) is 49.9 Å². The largest absolute Gasteiger partial charge is 0.240 e. The standard InChI is InChI=1S/C13H18N2O2S/c1-11-6-7-13(10-12(11)2)18(16,17)15-9-5-3-4-8-14/h6-7,10,15H,3-5,9H2,1-2H3. The van der Waals surface area contributed by atoms with Crippen molar-refractivity contribution in [1.82, 2.24) is 4.72 Å². The van der Waals surface area contributed by atoms with E-state index in [1.807, 2.05) is 19.9 Å². The summed E-state index contributed by atoms with van der Waals surface area (Å²) in [7, 11) is -3.42. The molecule has 0 unspecified atom stereocenters. The second-order valence-corrected chi connectivity index (χ2v) is 6.03. The molecule has 0 atom stereocenters. The van der Waals surface area contributed by atoms with Crippen molar-refractivity contribution in [3.8, 4) is 6.07 Å². The zero-order chi connectivity index (χ0) is 13.6.